The van der Waals surface area contributed by atoms with Crippen LogP contribution in [0, 0.1) is 12.8 Å². The molecule has 1 aromatic carbocycles. The number of hydrogen-bond donors (Lipinski definition) is 1. The zero-order chi connectivity index (χ0) is 20.9. The summed E-state index contributed by atoms with van der Waals surface area (Å²) < 4.78 is 43.5. The number of hydrogen-bond acceptors (Lipinski definition) is 3. The monoisotopic (exact) mass is 415 g/mol. The number of alkyl halides is 3. The van der Waals surface area contributed by atoms with E-state index < -0.39 is 18.7 Å². The van der Waals surface area contributed by atoms with Gasteiger partial charge >= 0.3 is 6.18 Å². The molecule has 1 aromatic heterocycles. The van der Waals surface area contributed by atoms with Gasteiger partial charge in [0.05, 0.1) is 11.4 Å². The number of aromatic nitrogens is 2. The largest absolute Gasteiger partial charge is 0.482 e. The van der Waals surface area contributed by atoms with E-state index in [4.69, 9.17) is 16.3 Å². The van der Waals surface area contributed by atoms with E-state index >= 15 is 0 Å². The van der Waals surface area contributed by atoms with Crippen LogP contribution < -0.4 is 10.1 Å². The SMILES string of the molecule is Cc1nn(CC(C)C)c(Cl)c1/C=C/C(=O)Nc1ccccc1OCC(F)(F)F. The van der Waals surface area contributed by atoms with E-state index in [2.05, 4.69) is 10.4 Å². The van der Waals surface area contributed by atoms with Crippen LogP contribution in [0.25, 0.3) is 6.08 Å². The standard InChI is InChI=1S/C19H21ClF3N3O2/c1-12(2)10-26-18(20)14(13(3)25-26)8-9-17(27)24-15-6-4-5-7-16(15)28-11-19(21,22)23/h4-9,12H,10-11H2,1-3H3,(H,24,27)/b9-8+. The van der Waals surface area contributed by atoms with Crippen molar-refractivity contribution >= 4 is 29.3 Å². The summed E-state index contributed by atoms with van der Waals surface area (Å²) in [5.41, 5.74) is 1.42. The number of carbonyl (C=O) groups is 1. The lowest BCUT2D eigenvalue weighted by atomic mass is 10.2. The maximum absolute atomic E-state index is 12.4. The molecule has 0 atom stereocenters. The molecule has 152 valence electrons. The summed E-state index contributed by atoms with van der Waals surface area (Å²) in [4.78, 5) is 12.2. The first-order valence-corrected chi connectivity index (χ1v) is 8.95. The minimum Gasteiger partial charge on any atom is -0.482 e. The molecule has 0 aliphatic rings. The maximum Gasteiger partial charge on any atom is 0.422 e. The lowest BCUT2D eigenvalue weighted by molar-refractivity contribution is -0.153. The Hall–Kier alpha value is -2.48. The molecule has 0 saturated heterocycles. The summed E-state index contributed by atoms with van der Waals surface area (Å²) >= 11 is 6.32. The molecule has 0 aliphatic heterocycles. The molecule has 0 spiro atoms. The van der Waals surface area contributed by atoms with Crippen molar-refractivity contribution in [1.29, 1.82) is 0 Å². The summed E-state index contributed by atoms with van der Waals surface area (Å²) in [6.45, 7) is 5.05. The molecule has 5 nitrogen and oxygen atoms in total. The summed E-state index contributed by atoms with van der Waals surface area (Å²) in [7, 11) is 0. The minimum atomic E-state index is -4.47. The highest BCUT2D eigenvalue weighted by atomic mass is 35.5. The van der Waals surface area contributed by atoms with Crippen LogP contribution in [0.15, 0.2) is 30.3 Å². The second kappa shape index (κ2) is 9.14. The Balaban J connectivity index is 2.10. The highest BCUT2D eigenvalue weighted by Gasteiger charge is 2.28. The minimum absolute atomic E-state index is 0.0689. The zero-order valence-corrected chi connectivity index (χ0v) is 16.4. The Morgan fingerprint density at radius 1 is 1.36 bits per heavy atom. The summed E-state index contributed by atoms with van der Waals surface area (Å²) in [6.07, 6.45) is -1.70. The van der Waals surface area contributed by atoms with Crippen molar-refractivity contribution in [2.24, 2.45) is 5.92 Å². The third-order valence-electron chi connectivity index (χ3n) is 3.59. The van der Waals surface area contributed by atoms with Gasteiger partial charge in [0, 0.05) is 18.2 Å². The van der Waals surface area contributed by atoms with E-state index in [1.807, 2.05) is 13.8 Å². The van der Waals surface area contributed by atoms with E-state index in [1.54, 1.807) is 17.7 Å². The molecule has 1 amide bonds. The van der Waals surface area contributed by atoms with E-state index in [9.17, 15) is 18.0 Å². The van der Waals surface area contributed by atoms with Crippen LogP contribution in [0.1, 0.15) is 25.1 Å². The molecule has 0 radical (unpaired) electrons. The van der Waals surface area contributed by atoms with Crippen LogP contribution >= 0.6 is 11.6 Å². The van der Waals surface area contributed by atoms with Gasteiger partial charge in [-0.1, -0.05) is 37.6 Å². The zero-order valence-electron chi connectivity index (χ0n) is 15.7. The lowest BCUT2D eigenvalue weighted by Crippen LogP contribution is -2.20. The second-order valence-corrected chi connectivity index (χ2v) is 6.95. The van der Waals surface area contributed by atoms with Crippen molar-refractivity contribution in [2.45, 2.75) is 33.5 Å². The van der Waals surface area contributed by atoms with E-state index in [1.165, 1.54) is 30.4 Å². The number of nitrogens with zero attached hydrogens (tertiary/aromatic N) is 2. The van der Waals surface area contributed by atoms with Gasteiger partial charge in [-0.2, -0.15) is 18.3 Å². The van der Waals surface area contributed by atoms with Gasteiger partial charge in [0.15, 0.2) is 6.61 Å². The van der Waals surface area contributed by atoms with Gasteiger partial charge in [0.1, 0.15) is 10.9 Å². The first kappa shape index (κ1) is 21.8. The highest BCUT2D eigenvalue weighted by molar-refractivity contribution is 6.31. The predicted molar refractivity (Wildman–Crippen MR) is 102 cm³/mol. The van der Waals surface area contributed by atoms with Crippen molar-refractivity contribution in [3.63, 3.8) is 0 Å². The van der Waals surface area contributed by atoms with Crippen LogP contribution in [0.5, 0.6) is 5.75 Å². The van der Waals surface area contributed by atoms with Crippen LogP contribution in [0.2, 0.25) is 5.15 Å². The Morgan fingerprint density at radius 3 is 2.68 bits per heavy atom. The first-order chi connectivity index (χ1) is 13.1. The Bertz CT molecular complexity index is 861. The van der Waals surface area contributed by atoms with E-state index in [0.29, 0.717) is 28.9 Å². The average molecular weight is 416 g/mol. The predicted octanol–water partition coefficient (Wildman–Crippen LogP) is 5.09. The topological polar surface area (TPSA) is 56.2 Å². The van der Waals surface area contributed by atoms with Gasteiger partial charge in [0.25, 0.3) is 0 Å². The summed E-state index contributed by atoms with van der Waals surface area (Å²) in [6, 6.07) is 5.90. The number of aryl methyl sites for hydroxylation is 1. The molecule has 0 unspecified atom stereocenters. The summed E-state index contributed by atoms with van der Waals surface area (Å²) in [5, 5.41) is 7.28. The van der Waals surface area contributed by atoms with Gasteiger partial charge in [0.2, 0.25) is 5.91 Å². The Labute approximate surface area is 166 Å². The Kier molecular flexibility index (Phi) is 7.12. The smallest absolute Gasteiger partial charge is 0.422 e. The van der Waals surface area contributed by atoms with Gasteiger partial charge in [-0.05, 0) is 31.1 Å². The molecule has 28 heavy (non-hydrogen) atoms. The molecule has 0 fully saturated rings. The van der Waals surface area contributed by atoms with E-state index in [0.717, 1.165) is 0 Å². The van der Waals surface area contributed by atoms with E-state index in [-0.39, 0.29) is 11.4 Å². The van der Waals surface area contributed by atoms with Crippen molar-refractivity contribution < 1.29 is 22.7 Å². The highest BCUT2D eigenvalue weighted by Crippen LogP contribution is 2.27. The molecule has 1 heterocycles. The van der Waals surface area contributed by atoms with Crippen molar-refractivity contribution in [3.8, 4) is 5.75 Å². The van der Waals surface area contributed by atoms with Gasteiger partial charge < -0.3 is 10.1 Å². The number of nitrogens with one attached hydrogen (secondary N) is 1. The Morgan fingerprint density at radius 2 is 2.04 bits per heavy atom. The number of carbonyl (C=O) groups excluding carboxylic acids is 1. The van der Waals surface area contributed by atoms with Crippen LogP contribution in [-0.4, -0.2) is 28.5 Å². The molecule has 0 aliphatic carbocycles. The summed E-state index contributed by atoms with van der Waals surface area (Å²) in [5.74, 6) is -0.249. The molecule has 9 heteroatoms. The number of amides is 1. The molecular formula is C19H21ClF3N3O2. The number of ether oxygens (including phenoxy) is 1. The van der Waals surface area contributed by atoms with Crippen LogP contribution in [0.3, 0.4) is 0 Å². The third kappa shape index (κ3) is 6.30. The second-order valence-electron chi connectivity index (χ2n) is 6.59. The first-order valence-electron chi connectivity index (χ1n) is 8.57. The fraction of sp³-hybridized carbons (Fsp3) is 0.368. The average Bonchev–Trinajstić information content (AvgIpc) is 2.84. The quantitative estimate of drug-likeness (QED) is 0.640. The molecule has 0 bridgehead atoms. The maximum atomic E-state index is 12.4. The molecule has 1 N–H and O–H groups in total. The number of rotatable bonds is 7. The lowest BCUT2D eigenvalue weighted by Gasteiger charge is -2.13. The fourth-order valence-electron chi connectivity index (χ4n) is 2.41. The molecule has 0 saturated carbocycles. The van der Waals surface area contributed by atoms with Crippen molar-refractivity contribution in [1.82, 2.24) is 9.78 Å². The number of benzene rings is 1. The molecule has 2 rings (SSSR count). The number of halogens is 4. The van der Waals surface area contributed by atoms with Crippen molar-refractivity contribution in [2.75, 3.05) is 11.9 Å². The fourth-order valence-corrected chi connectivity index (χ4v) is 2.72. The van der Waals surface area contributed by atoms with Crippen LogP contribution in [0.4, 0.5) is 18.9 Å². The number of para-hydroxylation sites is 2. The number of anilines is 1. The molecular weight excluding hydrogens is 395 g/mol. The van der Waals surface area contributed by atoms with Crippen molar-refractivity contribution in [3.05, 3.63) is 46.8 Å². The molecule has 2 aromatic rings. The van der Waals surface area contributed by atoms with Crippen LogP contribution in [-0.2, 0) is 11.3 Å². The van der Waals surface area contributed by atoms with Gasteiger partial charge in [-0.15, -0.1) is 0 Å². The van der Waals surface area contributed by atoms with Gasteiger partial charge in [-0.25, -0.2) is 0 Å². The third-order valence-corrected chi connectivity index (χ3v) is 3.98. The normalized spacial score (nSPS) is 12.0. The van der Waals surface area contributed by atoms with Gasteiger partial charge in [-0.3, -0.25) is 9.48 Å².